The smallest absolute Gasteiger partial charge is 0.0168 e. The van der Waals surface area contributed by atoms with Gasteiger partial charge in [0.2, 0.25) is 0 Å². The van der Waals surface area contributed by atoms with Crippen molar-refractivity contribution >= 4 is 0 Å². The minimum atomic E-state index is 0.440. The summed E-state index contributed by atoms with van der Waals surface area (Å²) in [6, 6.07) is 0.440. The zero-order valence-electron chi connectivity index (χ0n) is 11.3. The highest BCUT2D eigenvalue weighted by atomic mass is 15.1. The summed E-state index contributed by atoms with van der Waals surface area (Å²) in [5, 5.41) is 0. The summed E-state index contributed by atoms with van der Waals surface area (Å²) in [7, 11) is 0. The molecule has 1 aliphatic heterocycles. The molecule has 1 aliphatic rings. The molecule has 2 nitrogen and oxygen atoms in total. The number of nitrogens with two attached hydrogens (primary N) is 1. The van der Waals surface area contributed by atoms with Crippen molar-refractivity contribution < 1.29 is 0 Å². The third-order valence-corrected chi connectivity index (χ3v) is 3.55. The van der Waals surface area contributed by atoms with E-state index in [4.69, 9.17) is 5.73 Å². The third kappa shape index (κ3) is 6.49. The van der Waals surface area contributed by atoms with Crippen molar-refractivity contribution in [1.82, 2.24) is 4.90 Å². The van der Waals surface area contributed by atoms with Crippen molar-refractivity contribution in [2.24, 2.45) is 11.7 Å². The number of likely N-dealkylation sites (tertiary alicyclic amines) is 1. The van der Waals surface area contributed by atoms with E-state index in [1.54, 1.807) is 0 Å². The van der Waals surface area contributed by atoms with E-state index in [-0.39, 0.29) is 0 Å². The summed E-state index contributed by atoms with van der Waals surface area (Å²) < 4.78 is 0. The Bertz CT molecular complexity index is 168. The first-order valence-corrected chi connectivity index (χ1v) is 7.16. The van der Waals surface area contributed by atoms with E-state index in [0.29, 0.717) is 6.04 Å². The van der Waals surface area contributed by atoms with Crippen LogP contribution in [0.1, 0.15) is 58.8 Å². The van der Waals surface area contributed by atoms with Gasteiger partial charge in [-0.05, 0) is 38.3 Å². The first kappa shape index (κ1) is 14.0. The van der Waals surface area contributed by atoms with E-state index in [1.165, 1.54) is 58.0 Å². The Labute approximate surface area is 102 Å². The monoisotopic (exact) mass is 226 g/mol. The Morgan fingerprint density at radius 3 is 2.62 bits per heavy atom. The maximum atomic E-state index is 5.97. The zero-order valence-corrected chi connectivity index (χ0v) is 11.3. The quantitative estimate of drug-likeness (QED) is 0.676. The average molecular weight is 226 g/mol. The Balaban J connectivity index is 1.90. The standard InChI is InChI=1S/C14H30N2/c1-13(2)8-5-3-4-6-10-16-11-7-9-14(15)12-16/h13-14H,3-12,15H2,1-2H3. The van der Waals surface area contributed by atoms with Crippen LogP contribution in [0, 0.1) is 5.92 Å². The lowest BCUT2D eigenvalue weighted by molar-refractivity contribution is 0.205. The van der Waals surface area contributed by atoms with E-state index < -0.39 is 0 Å². The molecule has 0 aliphatic carbocycles. The van der Waals surface area contributed by atoms with Gasteiger partial charge in [-0.15, -0.1) is 0 Å². The van der Waals surface area contributed by atoms with Crippen LogP contribution < -0.4 is 5.73 Å². The molecule has 0 radical (unpaired) electrons. The number of nitrogens with zero attached hydrogens (tertiary/aromatic N) is 1. The van der Waals surface area contributed by atoms with Gasteiger partial charge in [0.05, 0.1) is 0 Å². The number of piperidine rings is 1. The van der Waals surface area contributed by atoms with Crippen LogP contribution in [-0.4, -0.2) is 30.6 Å². The molecular formula is C14H30N2. The van der Waals surface area contributed by atoms with Crippen LogP contribution in [0.4, 0.5) is 0 Å². The fraction of sp³-hybridized carbons (Fsp3) is 1.00. The molecule has 2 N–H and O–H groups in total. The summed E-state index contributed by atoms with van der Waals surface area (Å²) in [5.41, 5.74) is 5.97. The molecule has 1 atom stereocenters. The Morgan fingerprint density at radius 2 is 1.94 bits per heavy atom. The van der Waals surface area contributed by atoms with Gasteiger partial charge in [0.25, 0.3) is 0 Å². The van der Waals surface area contributed by atoms with Crippen molar-refractivity contribution in [2.45, 2.75) is 64.8 Å². The van der Waals surface area contributed by atoms with Crippen LogP contribution in [-0.2, 0) is 0 Å². The maximum absolute atomic E-state index is 5.97. The van der Waals surface area contributed by atoms with Crippen LogP contribution >= 0.6 is 0 Å². The highest BCUT2D eigenvalue weighted by Crippen LogP contribution is 2.12. The van der Waals surface area contributed by atoms with Gasteiger partial charge >= 0.3 is 0 Å². The molecule has 0 aromatic carbocycles. The van der Waals surface area contributed by atoms with E-state index in [0.717, 1.165) is 12.5 Å². The van der Waals surface area contributed by atoms with Crippen LogP contribution in [0.2, 0.25) is 0 Å². The van der Waals surface area contributed by atoms with Crippen LogP contribution in [0.15, 0.2) is 0 Å². The molecule has 0 aromatic heterocycles. The summed E-state index contributed by atoms with van der Waals surface area (Å²) in [4.78, 5) is 2.55. The van der Waals surface area contributed by atoms with Crippen molar-refractivity contribution in [2.75, 3.05) is 19.6 Å². The van der Waals surface area contributed by atoms with Crippen LogP contribution in [0.5, 0.6) is 0 Å². The predicted octanol–water partition coefficient (Wildman–Crippen LogP) is 3.02. The lowest BCUT2D eigenvalue weighted by Crippen LogP contribution is -2.43. The first-order valence-electron chi connectivity index (χ1n) is 7.16. The van der Waals surface area contributed by atoms with Gasteiger partial charge in [-0.3, -0.25) is 0 Å². The zero-order chi connectivity index (χ0) is 11.8. The normalized spacial score (nSPS) is 22.9. The molecule has 1 heterocycles. The van der Waals surface area contributed by atoms with E-state index in [1.807, 2.05) is 0 Å². The van der Waals surface area contributed by atoms with Crippen molar-refractivity contribution in [3.8, 4) is 0 Å². The topological polar surface area (TPSA) is 29.3 Å². The summed E-state index contributed by atoms with van der Waals surface area (Å²) in [5.74, 6) is 0.875. The molecule has 0 aromatic rings. The molecule has 0 saturated carbocycles. The molecule has 16 heavy (non-hydrogen) atoms. The fourth-order valence-corrected chi connectivity index (χ4v) is 2.54. The number of hydrogen-bond donors (Lipinski definition) is 1. The van der Waals surface area contributed by atoms with Crippen LogP contribution in [0.25, 0.3) is 0 Å². The molecule has 1 unspecified atom stereocenters. The van der Waals surface area contributed by atoms with Crippen molar-refractivity contribution in [3.05, 3.63) is 0 Å². The Hall–Kier alpha value is -0.0800. The second-order valence-corrected chi connectivity index (χ2v) is 5.80. The largest absolute Gasteiger partial charge is 0.327 e. The molecule has 1 fully saturated rings. The second-order valence-electron chi connectivity index (χ2n) is 5.80. The summed E-state index contributed by atoms with van der Waals surface area (Å²) >= 11 is 0. The van der Waals surface area contributed by atoms with E-state index in [9.17, 15) is 0 Å². The lowest BCUT2D eigenvalue weighted by Gasteiger charge is -2.30. The molecule has 2 heteroatoms. The molecule has 0 spiro atoms. The third-order valence-electron chi connectivity index (χ3n) is 3.55. The second kappa shape index (κ2) is 8.08. The minimum Gasteiger partial charge on any atom is -0.327 e. The number of unbranched alkanes of at least 4 members (excludes halogenated alkanes) is 3. The Morgan fingerprint density at radius 1 is 1.19 bits per heavy atom. The van der Waals surface area contributed by atoms with Gasteiger partial charge < -0.3 is 10.6 Å². The van der Waals surface area contributed by atoms with Gasteiger partial charge in [0.15, 0.2) is 0 Å². The lowest BCUT2D eigenvalue weighted by atomic mass is 10.0. The van der Waals surface area contributed by atoms with Gasteiger partial charge in [-0.1, -0.05) is 39.5 Å². The summed E-state index contributed by atoms with van der Waals surface area (Å²) in [6.07, 6.45) is 9.52. The summed E-state index contributed by atoms with van der Waals surface area (Å²) in [6.45, 7) is 8.31. The molecule has 1 saturated heterocycles. The Kier molecular flexibility index (Phi) is 7.06. The SMILES string of the molecule is CC(C)CCCCCCN1CCCC(N)C1. The van der Waals surface area contributed by atoms with Gasteiger partial charge in [0.1, 0.15) is 0 Å². The molecule has 0 amide bonds. The molecular weight excluding hydrogens is 196 g/mol. The fourth-order valence-electron chi connectivity index (χ4n) is 2.54. The molecule has 0 bridgehead atoms. The molecule has 96 valence electrons. The van der Waals surface area contributed by atoms with Crippen molar-refractivity contribution in [1.29, 1.82) is 0 Å². The predicted molar refractivity (Wildman–Crippen MR) is 71.6 cm³/mol. The van der Waals surface area contributed by atoms with Gasteiger partial charge in [0, 0.05) is 12.6 Å². The van der Waals surface area contributed by atoms with E-state index in [2.05, 4.69) is 18.7 Å². The van der Waals surface area contributed by atoms with Crippen LogP contribution in [0.3, 0.4) is 0 Å². The number of hydrogen-bond acceptors (Lipinski definition) is 2. The maximum Gasteiger partial charge on any atom is 0.0168 e. The highest BCUT2D eigenvalue weighted by Gasteiger charge is 2.15. The molecule has 1 rings (SSSR count). The average Bonchev–Trinajstić information content (AvgIpc) is 2.23. The van der Waals surface area contributed by atoms with Gasteiger partial charge in [-0.2, -0.15) is 0 Å². The minimum absolute atomic E-state index is 0.440. The number of rotatable bonds is 7. The van der Waals surface area contributed by atoms with E-state index >= 15 is 0 Å². The first-order chi connectivity index (χ1) is 7.68. The van der Waals surface area contributed by atoms with Gasteiger partial charge in [-0.25, -0.2) is 0 Å². The van der Waals surface area contributed by atoms with Crippen molar-refractivity contribution in [3.63, 3.8) is 0 Å². The highest BCUT2D eigenvalue weighted by molar-refractivity contribution is 4.74.